The minimum absolute atomic E-state index is 0.240. The summed E-state index contributed by atoms with van der Waals surface area (Å²) in [5.74, 6) is 0.240. The van der Waals surface area contributed by atoms with Crippen molar-refractivity contribution >= 4 is 15.9 Å². The SMILES string of the molecule is Cc1c(C2(C#N)CCC2)ccc(O)c1Br. The van der Waals surface area contributed by atoms with E-state index in [-0.39, 0.29) is 11.2 Å². The summed E-state index contributed by atoms with van der Waals surface area (Å²) in [6, 6.07) is 5.95. The second-order valence-electron chi connectivity index (χ2n) is 4.12. The van der Waals surface area contributed by atoms with Crippen LogP contribution in [-0.4, -0.2) is 5.11 Å². The molecule has 0 radical (unpaired) electrons. The maximum absolute atomic E-state index is 9.52. The first-order valence-corrected chi connectivity index (χ1v) is 5.80. The van der Waals surface area contributed by atoms with E-state index in [1.807, 2.05) is 13.0 Å². The third-order valence-electron chi connectivity index (χ3n) is 3.30. The van der Waals surface area contributed by atoms with Crippen molar-refractivity contribution in [1.29, 1.82) is 5.26 Å². The number of benzene rings is 1. The van der Waals surface area contributed by atoms with Crippen LogP contribution in [0.2, 0.25) is 0 Å². The van der Waals surface area contributed by atoms with E-state index in [0.29, 0.717) is 4.47 Å². The lowest BCUT2D eigenvalue weighted by Crippen LogP contribution is -2.33. The minimum atomic E-state index is -0.305. The number of halogens is 1. The van der Waals surface area contributed by atoms with Crippen LogP contribution in [0.15, 0.2) is 16.6 Å². The van der Waals surface area contributed by atoms with Gasteiger partial charge < -0.3 is 5.11 Å². The third kappa shape index (κ3) is 1.44. The average molecular weight is 266 g/mol. The lowest BCUT2D eigenvalue weighted by Gasteiger charge is -2.37. The second-order valence-corrected chi connectivity index (χ2v) is 4.91. The number of phenols is 1. The van der Waals surface area contributed by atoms with Gasteiger partial charge in [0.05, 0.1) is 16.0 Å². The highest BCUT2D eigenvalue weighted by atomic mass is 79.9. The van der Waals surface area contributed by atoms with Gasteiger partial charge in [0.2, 0.25) is 0 Å². The number of nitriles is 1. The van der Waals surface area contributed by atoms with Crippen molar-refractivity contribution in [3.63, 3.8) is 0 Å². The van der Waals surface area contributed by atoms with E-state index in [1.54, 1.807) is 6.07 Å². The van der Waals surface area contributed by atoms with Gasteiger partial charge in [-0.1, -0.05) is 6.07 Å². The Bertz CT molecular complexity index is 444. The summed E-state index contributed by atoms with van der Waals surface area (Å²) in [7, 11) is 0. The van der Waals surface area contributed by atoms with Gasteiger partial charge in [-0.25, -0.2) is 0 Å². The molecule has 0 unspecified atom stereocenters. The topological polar surface area (TPSA) is 44.0 Å². The van der Waals surface area contributed by atoms with E-state index in [0.717, 1.165) is 30.4 Å². The first-order chi connectivity index (χ1) is 7.10. The Morgan fingerprint density at radius 3 is 2.60 bits per heavy atom. The quantitative estimate of drug-likeness (QED) is 0.846. The van der Waals surface area contributed by atoms with E-state index in [4.69, 9.17) is 0 Å². The zero-order valence-electron chi connectivity index (χ0n) is 8.55. The van der Waals surface area contributed by atoms with Crippen LogP contribution in [0.4, 0.5) is 0 Å². The van der Waals surface area contributed by atoms with E-state index in [1.165, 1.54) is 0 Å². The molecule has 0 aliphatic heterocycles. The lowest BCUT2D eigenvalue weighted by atomic mass is 9.64. The van der Waals surface area contributed by atoms with Gasteiger partial charge in [0.1, 0.15) is 5.75 Å². The van der Waals surface area contributed by atoms with Crippen molar-refractivity contribution in [2.45, 2.75) is 31.6 Å². The van der Waals surface area contributed by atoms with Gasteiger partial charge in [0, 0.05) is 0 Å². The molecule has 2 rings (SSSR count). The van der Waals surface area contributed by atoms with Crippen LogP contribution in [0.5, 0.6) is 5.75 Å². The number of phenolic OH excluding ortho intramolecular Hbond substituents is 1. The molecule has 0 atom stereocenters. The molecule has 1 fully saturated rings. The second kappa shape index (κ2) is 3.53. The van der Waals surface area contributed by atoms with Gasteiger partial charge in [0.25, 0.3) is 0 Å². The smallest absolute Gasteiger partial charge is 0.130 e. The lowest BCUT2D eigenvalue weighted by molar-refractivity contribution is 0.322. The molecule has 1 N–H and O–H groups in total. The van der Waals surface area contributed by atoms with Crippen LogP contribution in [0.3, 0.4) is 0 Å². The van der Waals surface area contributed by atoms with Crippen molar-refractivity contribution < 1.29 is 5.11 Å². The molecule has 0 aromatic heterocycles. The van der Waals surface area contributed by atoms with Crippen molar-refractivity contribution in [1.82, 2.24) is 0 Å². The highest BCUT2D eigenvalue weighted by molar-refractivity contribution is 9.10. The van der Waals surface area contributed by atoms with E-state index in [2.05, 4.69) is 22.0 Å². The molecule has 1 aliphatic carbocycles. The fourth-order valence-corrected chi connectivity index (χ4v) is 2.51. The first kappa shape index (κ1) is 10.5. The number of hydrogen-bond acceptors (Lipinski definition) is 2. The molecule has 2 nitrogen and oxygen atoms in total. The minimum Gasteiger partial charge on any atom is -0.507 e. The van der Waals surface area contributed by atoms with Gasteiger partial charge >= 0.3 is 0 Å². The van der Waals surface area contributed by atoms with Crippen LogP contribution < -0.4 is 0 Å². The summed E-state index contributed by atoms with van der Waals surface area (Å²) in [5.41, 5.74) is 1.73. The van der Waals surface area contributed by atoms with Gasteiger partial charge in [-0.05, 0) is 59.3 Å². The summed E-state index contributed by atoms with van der Waals surface area (Å²) in [4.78, 5) is 0. The summed E-state index contributed by atoms with van der Waals surface area (Å²) in [6.45, 7) is 1.94. The fourth-order valence-electron chi connectivity index (χ4n) is 2.16. The fraction of sp³-hybridized carbons (Fsp3) is 0.417. The highest BCUT2D eigenvalue weighted by Gasteiger charge is 2.40. The molecule has 78 valence electrons. The normalized spacial score (nSPS) is 17.9. The zero-order valence-corrected chi connectivity index (χ0v) is 10.1. The number of nitrogens with zero attached hydrogens (tertiary/aromatic N) is 1. The summed E-state index contributed by atoms with van der Waals surface area (Å²) >= 11 is 3.35. The van der Waals surface area contributed by atoms with Crippen LogP contribution in [0.1, 0.15) is 30.4 Å². The standard InChI is InChI=1S/C12H12BrNO/c1-8-9(3-4-10(15)11(8)13)12(7-14)5-2-6-12/h3-4,15H,2,5-6H2,1H3. The number of rotatable bonds is 1. The molecule has 0 bridgehead atoms. The Balaban J connectivity index is 2.55. The molecule has 1 aliphatic rings. The third-order valence-corrected chi connectivity index (χ3v) is 4.30. The Kier molecular flexibility index (Phi) is 2.47. The Morgan fingerprint density at radius 1 is 1.47 bits per heavy atom. The predicted octanol–water partition coefficient (Wildman–Crippen LogP) is 3.41. The molecule has 0 amide bonds. The Hall–Kier alpha value is -1.01. The molecule has 0 saturated heterocycles. The summed E-state index contributed by atoms with van der Waals surface area (Å²) in [6.07, 6.45) is 2.98. The molecule has 1 aromatic rings. The molecule has 1 saturated carbocycles. The Labute approximate surface area is 97.7 Å². The van der Waals surface area contributed by atoms with Gasteiger partial charge in [-0.3, -0.25) is 0 Å². The van der Waals surface area contributed by atoms with Crippen molar-refractivity contribution in [3.8, 4) is 11.8 Å². The molecule has 1 aromatic carbocycles. The molecule has 0 heterocycles. The largest absolute Gasteiger partial charge is 0.507 e. The van der Waals surface area contributed by atoms with Crippen molar-refractivity contribution in [3.05, 3.63) is 27.7 Å². The van der Waals surface area contributed by atoms with Crippen LogP contribution in [-0.2, 0) is 5.41 Å². The van der Waals surface area contributed by atoms with E-state index < -0.39 is 0 Å². The van der Waals surface area contributed by atoms with Gasteiger partial charge in [-0.2, -0.15) is 5.26 Å². The molecular formula is C12H12BrNO. The zero-order chi connectivity index (χ0) is 11.1. The monoisotopic (exact) mass is 265 g/mol. The maximum Gasteiger partial charge on any atom is 0.130 e. The van der Waals surface area contributed by atoms with Crippen molar-refractivity contribution in [2.24, 2.45) is 0 Å². The van der Waals surface area contributed by atoms with E-state index in [9.17, 15) is 10.4 Å². The number of hydrogen-bond donors (Lipinski definition) is 1. The Morgan fingerprint density at radius 2 is 2.13 bits per heavy atom. The first-order valence-electron chi connectivity index (χ1n) is 5.00. The van der Waals surface area contributed by atoms with Gasteiger partial charge in [-0.15, -0.1) is 0 Å². The summed E-state index contributed by atoms with van der Waals surface area (Å²) in [5, 5.41) is 18.8. The average Bonchev–Trinajstić information content (AvgIpc) is 2.17. The molecule has 0 spiro atoms. The summed E-state index contributed by atoms with van der Waals surface area (Å²) < 4.78 is 0.710. The predicted molar refractivity (Wildman–Crippen MR) is 61.7 cm³/mol. The van der Waals surface area contributed by atoms with Crippen molar-refractivity contribution in [2.75, 3.05) is 0 Å². The maximum atomic E-state index is 9.52. The molecule has 3 heteroatoms. The molecular weight excluding hydrogens is 254 g/mol. The van der Waals surface area contributed by atoms with Crippen LogP contribution >= 0.6 is 15.9 Å². The van der Waals surface area contributed by atoms with E-state index >= 15 is 0 Å². The highest BCUT2D eigenvalue weighted by Crippen LogP contribution is 2.46. The van der Waals surface area contributed by atoms with Crippen LogP contribution in [0.25, 0.3) is 0 Å². The number of aromatic hydroxyl groups is 1. The van der Waals surface area contributed by atoms with Gasteiger partial charge in [0.15, 0.2) is 0 Å². The van der Waals surface area contributed by atoms with Crippen LogP contribution in [0, 0.1) is 18.3 Å². The molecule has 15 heavy (non-hydrogen) atoms.